The summed E-state index contributed by atoms with van der Waals surface area (Å²) in [5.41, 5.74) is 0. The molecule has 1 aromatic rings. The van der Waals surface area contributed by atoms with E-state index in [1.54, 1.807) is 11.9 Å². The van der Waals surface area contributed by atoms with Crippen molar-refractivity contribution in [3.8, 4) is 0 Å². The van der Waals surface area contributed by atoms with E-state index in [9.17, 15) is 5.11 Å². The summed E-state index contributed by atoms with van der Waals surface area (Å²) in [6.07, 6.45) is 1.72. The lowest BCUT2D eigenvalue weighted by molar-refractivity contribution is 0.116. The highest BCUT2D eigenvalue weighted by Crippen LogP contribution is 2.25. The number of aliphatic hydroxyl groups is 1. The smallest absolute Gasteiger partial charge is 0.0565 e. The Bertz CT molecular complexity index is 270. The van der Waals surface area contributed by atoms with Gasteiger partial charge >= 0.3 is 0 Å². The number of hydrogen-bond acceptors (Lipinski definition) is 3. The van der Waals surface area contributed by atoms with Gasteiger partial charge in [-0.3, -0.25) is 0 Å². The van der Waals surface area contributed by atoms with E-state index in [-0.39, 0.29) is 6.10 Å². The van der Waals surface area contributed by atoms with E-state index in [0.717, 1.165) is 25.9 Å². The summed E-state index contributed by atoms with van der Waals surface area (Å²) in [6, 6.07) is 10.4. The number of nitrogens with zero attached hydrogens (tertiary/aromatic N) is 1. The second-order valence-corrected chi connectivity index (χ2v) is 4.73. The highest BCUT2D eigenvalue weighted by molar-refractivity contribution is 7.97. The molecule has 1 N–H and O–H groups in total. The number of hydrogen-bond donors (Lipinski definition) is 1. The van der Waals surface area contributed by atoms with E-state index in [1.807, 2.05) is 6.07 Å². The van der Waals surface area contributed by atoms with E-state index in [0.29, 0.717) is 0 Å². The van der Waals surface area contributed by atoms with E-state index >= 15 is 0 Å². The average Bonchev–Trinajstić information content (AvgIpc) is 2.23. The Kier molecular flexibility index (Phi) is 3.45. The Hall–Kier alpha value is -0.510. The van der Waals surface area contributed by atoms with Gasteiger partial charge in [-0.2, -0.15) is 0 Å². The zero-order chi connectivity index (χ0) is 9.80. The Labute approximate surface area is 89.1 Å². The van der Waals surface area contributed by atoms with Gasteiger partial charge in [0.1, 0.15) is 0 Å². The zero-order valence-corrected chi connectivity index (χ0v) is 8.91. The lowest BCUT2D eigenvalue weighted by atomic mass is 10.1. The molecule has 0 amide bonds. The maximum absolute atomic E-state index is 9.36. The van der Waals surface area contributed by atoms with Gasteiger partial charge in [-0.1, -0.05) is 18.2 Å². The molecule has 0 spiro atoms. The molecule has 1 saturated heterocycles. The molecule has 1 aliphatic heterocycles. The lowest BCUT2D eigenvalue weighted by Crippen LogP contribution is -2.30. The first-order valence-electron chi connectivity index (χ1n) is 5.00. The number of aliphatic hydroxyl groups excluding tert-OH is 1. The predicted octanol–water partition coefficient (Wildman–Crippen LogP) is 2.15. The van der Waals surface area contributed by atoms with Crippen LogP contribution in [0.3, 0.4) is 0 Å². The van der Waals surface area contributed by atoms with Gasteiger partial charge in [0.05, 0.1) is 6.10 Å². The standard InChI is InChI=1S/C11H15NOS/c13-10-6-8-12(9-7-10)14-11-4-2-1-3-5-11/h1-5,10,13H,6-9H2. The summed E-state index contributed by atoms with van der Waals surface area (Å²) in [5.74, 6) is 0. The first-order valence-corrected chi connectivity index (χ1v) is 5.78. The number of rotatable bonds is 2. The van der Waals surface area contributed by atoms with Crippen LogP contribution in [-0.2, 0) is 0 Å². The minimum absolute atomic E-state index is 0.0809. The summed E-state index contributed by atoms with van der Waals surface area (Å²) in [5, 5.41) is 9.36. The quantitative estimate of drug-likeness (QED) is 0.755. The fourth-order valence-corrected chi connectivity index (χ4v) is 2.53. The van der Waals surface area contributed by atoms with Crippen molar-refractivity contribution in [2.75, 3.05) is 13.1 Å². The number of piperidine rings is 1. The average molecular weight is 209 g/mol. The maximum Gasteiger partial charge on any atom is 0.0565 e. The van der Waals surface area contributed by atoms with Crippen molar-refractivity contribution >= 4 is 11.9 Å². The van der Waals surface area contributed by atoms with Crippen LogP contribution in [0.2, 0.25) is 0 Å². The second kappa shape index (κ2) is 4.82. The highest BCUT2D eigenvalue weighted by atomic mass is 32.2. The van der Waals surface area contributed by atoms with Crippen LogP contribution in [0, 0.1) is 0 Å². The molecule has 2 nitrogen and oxygen atoms in total. The lowest BCUT2D eigenvalue weighted by Gasteiger charge is -2.28. The van der Waals surface area contributed by atoms with Crippen molar-refractivity contribution in [1.29, 1.82) is 0 Å². The van der Waals surface area contributed by atoms with Gasteiger partial charge in [-0.25, -0.2) is 4.31 Å². The number of benzene rings is 1. The molecule has 0 aliphatic carbocycles. The molecular formula is C11H15NOS. The van der Waals surface area contributed by atoms with Crippen molar-refractivity contribution in [3.63, 3.8) is 0 Å². The van der Waals surface area contributed by atoms with Crippen molar-refractivity contribution in [1.82, 2.24) is 4.31 Å². The predicted molar refractivity (Wildman–Crippen MR) is 59.1 cm³/mol. The third-order valence-corrected chi connectivity index (χ3v) is 3.51. The third kappa shape index (κ3) is 2.74. The fraction of sp³-hybridized carbons (Fsp3) is 0.455. The van der Waals surface area contributed by atoms with Gasteiger partial charge in [0.25, 0.3) is 0 Å². The Morgan fingerprint density at radius 3 is 2.43 bits per heavy atom. The molecule has 0 aromatic heterocycles. The van der Waals surface area contributed by atoms with Crippen LogP contribution in [0.5, 0.6) is 0 Å². The molecule has 76 valence electrons. The van der Waals surface area contributed by atoms with Crippen LogP contribution in [0.15, 0.2) is 35.2 Å². The normalized spacial score (nSPS) is 19.8. The molecule has 1 aliphatic rings. The second-order valence-electron chi connectivity index (χ2n) is 3.56. The molecule has 1 fully saturated rings. The summed E-state index contributed by atoms with van der Waals surface area (Å²) < 4.78 is 2.32. The van der Waals surface area contributed by atoms with Gasteiger partial charge in [-0.05, 0) is 36.9 Å². The van der Waals surface area contributed by atoms with Gasteiger partial charge in [0, 0.05) is 18.0 Å². The summed E-state index contributed by atoms with van der Waals surface area (Å²) in [4.78, 5) is 1.28. The molecule has 0 saturated carbocycles. The van der Waals surface area contributed by atoms with Crippen molar-refractivity contribution in [2.45, 2.75) is 23.8 Å². The molecule has 3 heteroatoms. The van der Waals surface area contributed by atoms with E-state index < -0.39 is 0 Å². The van der Waals surface area contributed by atoms with E-state index in [1.165, 1.54) is 4.90 Å². The van der Waals surface area contributed by atoms with Gasteiger partial charge in [0.15, 0.2) is 0 Å². The van der Waals surface area contributed by atoms with Crippen LogP contribution < -0.4 is 0 Å². The zero-order valence-electron chi connectivity index (χ0n) is 8.10. The van der Waals surface area contributed by atoms with E-state index in [2.05, 4.69) is 28.6 Å². The first kappa shape index (κ1) is 10.0. The monoisotopic (exact) mass is 209 g/mol. The molecule has 0 atom stereocenters. The molecule has 2 rings (SSSR count). The van der Waals surface area contributed by atoms with Gasteiger partial charge < -0.3 is 5.11 Å². The molecule has 0 unspecified atom stereocenters. The largest absolute Gasteiger partial charge is 0.393 e. The first-order chi connectivity index (χ1) is 6.84. The van der Waals surface area contributed by atoms with Crippen LogP contribution in [0.4, 0.5) is 0 Å². The summed E-state index contributed by atoms with van der Waals surface area (Å²) in [6.45, 7) is 1.97. The van der Waals surface area contributed by atoms with Gasteiger partial charge in [0.2, 0.25) is 0 Å². The van der Waals surface area contributed by atoms with Crippen molar-refractivity contribution in [3.05, 3.63) is 30.3 Å². The van der Waals surface area contributed by atoms with Crippen LogP contribution in [0.1, 0.15) is 12.8 Å². The molecule has 0 radical (unpaired) electrons. The Morgan fingerprint density at radius 1 is 1.14 bits per heavy atom. The molecule has 0 bridgehead atoms. The fourth-order valence-electron chi connectivity index (χ4n) is 1.56. The van der Waals surface area contributed by atoms with Crippen LogP contribution in [0.25, 0.3) is 0 Å². The molecule has 1 heterocycles. The van der Waals surface area contributed by atoms with E-state index in [4.69, 9.17) is 0 Å². The minimum Gasteiger partial charge on any atom is -0.393 e. The molecule has 1 aromatic carbocycles. The Morgan fingerprint density at radius 2 is 1.79 bits per heavy atom. The van der Waals surface area contributed by atoms with Crippen molar-refractivity contribution in [2.24, 2.45) is 0 Å². The maximum atomic E-state index is 9.36. The summed E-state index contributed by atoms with van der Waals surface area (Å²) in [7, 11) is 0. The topological polar surface area (TPSA) is 23.5 Å². The van der Waals surface area contributed by atoms with Crippen molar-refractivity contribution < 1.29 is 5.11 Å². The van der Waals surface area contributed by atoms with Crippen LogP contribution in [-0.4, -0.2) is 28.6 Å². The third-order valence-electron chi connectivity index (χ3n) is 2.40. The minimum atomic E-state index is -0.0809. The summed E-state index contributed by atoms with van der Waals surface area (Å²) >= 11 is 1.79. The molecular weight excluding hydrogens is 194 g/mol. The Balaban J connectivity index is 1.87. The van der Waals surface area contributed by atoms with Gasteiger partial charge in [-0.15, -0.1) is 0 Å². The van der Waals surface area contributed by atoms with Crippen LogP contribution >= 0.6 is 11.9 Å². The highest BCUT2D eigenvalue weighted by Gasteiger charge is 2.17. The SMILES string of the molecule is OC1CCN(Sc2ccccc2)CC1. The molecule has 14 heavy (non-hydrogen) atoms.